The minimum absolute atomic E-state index is 0.0285. The number of hydrogen-bond acceptors (Lipinski definition) is 6. The summed E-state index contributed by atoms with van der Waals surface area (Å²) in [5.74, 6) is -0.0285. The molecule has 0 unspecified atom stereocenters. The van der Waals surface area contributed by atoms with Gasteiger partial charge in [0.15, 0.2) is 0 Å². The second-order valence-electron chi connectivity index (χ2n) is 5.63. The molecule has 1 amide bonds. The molecule has 3 heterocycles. The third kappa shape index (κ3) is 3.36. The molecule has 8 heteroatoms. The van der Waals surface area contributed by atoms with E-state index in [-0.39, 0.29) is 11.5 Å². The number of aromatic nitrogens is 3. The molecule has 3 rings (SSSR count). The minimum atomic E-state index is -0.0890. The molecule has 0 aromatic carbocycles. The predicted octanol–water partition coefficient (Wildman–Crippen LogP) is 2.95. The van der Waals surface area contributed by atoms with Crippen molar-refractivity contribution in [3.05, 3.63) is 43.7 Å². The molecule has 0 bridgehead atoms. The molecular weight excluding hydrogens is 356 g/mol. The van der Waals surface area contributed by atoms with Crippen molar-refractivity contribution in [1.82, 2.24) is 19.4 Å². The molecular formula is C17H20N4O2S2. The van der Waals surface area contributed by atoms with Gasteiger partial charge in [-0.3, -0.25) is 14.2 Å². The van der Waals surface area contributed by atoms with Gasteiger partial charge >= 0.3 is 0 Å². The number of hydrogen-bond donors (Lipinski definition) is 0. The number of aryl methyl sites for hydroxylation is 3. The van der Waals surface area contributed by atoms with E-state index < -0.39 is 0 Å². The fourth-order valence-corrected chi connectivity index (χ4v) is 4.49. The minimum Gasteiger partial charge on any atom is -0.338 e. The lowest BCUT2D eigenvalue weighted by Crippen LogP contribution is -2.30. The first-order valence-corrected chi connectivity index (χ1v) is 9.92. The number of nitrogens with zero attached hydrogens (tertiary/aromatic N) is 4. The van der Waals surface area contributed by atoms with Gasteiger partial charge in [0.05, 0.1) is 21.6 Å². The highest BCUT2D eigenvalue weighted by Crippen LogP contribution is 2.28. The predicted molar refractivity (Wildman–Crippen MR) is 102 cm³/mol. The molecule has 0 saturated carbocycles. The Hall–Kier alpha value is -2.06. The van der Waals surface area contributed by atoms with Gasteiger partial charge in [0.25, 0.3) is 11.5 Å². The van der Waals surface area contributed by atoms with E-state index in [2.05, 4.69) is 9.97 Å². The van der Waals surface area contributed by atoms with Crippen molar-refractivity contribution in [2.45, 2.75) is 33.7 Å². The Morgan fingerprint density at radius 2 is 2.04 bits per heavy atom. The van der Waals surface area contributed by atoms with Gasteiger partial charge < -0.3 is 4.90 Å². The van der Waals surface area contributed by atoms with E-state index in [1.54, 1.807) is 33.3 Å². The van der Waals surface area contributed by atoms with E-state index in [1.165, 1.54) is 11.3 Å². The normalized spacial score (nSPS) is 11.2. The maximum atomic E-state index is 12.8. The van der Waals surface area contributed by atoms with E-state index in [0.717, 1.165) is 10.6 Å². The number of rotatable bonds is 6. The van der Waals surface area contributed by atoms with Crippen LogP contribution >= 0.6 is 22.7 Å². The van der Waals surface area contributed by atoms with E-state index in [0.29, 0.717) is 41.1 Å². The lowest BCUT2D eigenvalue weighted by atomic mass is 10.2. The average molecular weight is 377 g/mol. The van der Waals surface area contributed by atoms with Gasteiger partial charge in [0.1, 0.15) is 4.83 Å². The van der Waals surface area contributed by atoms with Crippen molar-refractivity contribution in [2.24, 2.45) is 0 Å². The average Bonchev–Trinajstić information content (AvgIpc) is 3.23. The van der Waals surface area contributed by atoms with Crippen LogP contribution in [0.15, 0.2) is 22.7 Å². The van der Waals surface area contributed by atoms with Crippen LogP contribution in [0.1, 0.15) is 34.1 Å². The van der Waals surface area contributed by atoms with Gasteiger partial charge in [-0.05, 0) is 26.3 Å². The second-order valence-corrected chi connectivity index (χ2v) is 7.61. The first-order chi connectivity index (χ1) is 12.1. The summed E-state index contributed by atoms with van der Waals surface area (Å²) in [4.78, 5) is 37.2. The van der Waals surface area contributed by atoms with Crippen LogP contribution in [0.5, 0.6) is 0 Å². The molecule has 3 aromatic rings. The van der Waals surface area contributed by atoms with E-state index in [4.69, 9.17) is 0 Å². The second kappa shape index (κ2) is 7.45. The van der Waals surface area contributed by atoms with Crippen molar-refractivity contribution in [3.8, 4) is 0 Å². The van der Waals surface area contributed by atoms with Gasteiger partial charge in [-0.2, -0.15) is 0 Å². The van der Waals surface area contributed by atoms with Crippen molar-refractivity contribution >= 4 is 38.8 Å². The topological polar surface area (TPSA) is 68.1 Å². The van der Waals surface area contributed by atoms with Crippen molar-refractivity contribution in [1.29, 1.82) is 0 Å². The van der Waals surface area contributed by atoms with Crippen molar-refractivity contribution < 1.29 is 4.79 Å². The molecule has 132 valence electrons. The highest BCUT2D eigenvalue weighted by Gasteiger charge is 2.22. The summed E-state index contributed by atoms with van der Waals surface area (Å²) in [7, 11) is 0. The Labute approximate surface area is 153 Å². The molecule has 0 spiro atoms. The first-order valence-electron chi connectivity index (χ1n) is 8.23. The molecule has 0 fully saturated rings. The standard InChI is InChI=1S/C17H20N4O2S2/c1-4-20(5-2)17(23)14-11(3)13-15(25-14)19-10-21(16(13)22)8-6-12-18-7-9-24-12/h7,9-10H,4-6,8H2,1-3H3. The zero-order valence-corrected chi connectivity index (χ0v) is 16.1. The lowest BCUT2D eigenvalue weighted by molar-refractivity contribution is 0.0777. The Kier molecular flexibility index (Phi) is 5.29. The zero-order chi connectivity index (χ0) is 18.0. The molecule has 0 aliphatic heterocycles. The summed E-state index contributed by atoms with van der Waals surface area (Å²) in [5, 5.41) is 3.47. The van der Waals surface area contributed by atoms with Crippen LogP contribution in [0.25, 0.3) is 10.2 Å². The van der Waals surface area contributed by atoms with Crippen LogP contribution in [-0.2, 0) is 13.0 Å². The zero-order valence-electron chi connectivity index (χ0n) is 14.5. The van der Waals surface area contributed by atoms with Crippen LogP contribution in [0, 0.1) is 6.92 Å². The fourth-order valence-electron chi connectivity index (χ4n) is 2.77. The summed E-state index contributed by atoms with van der Waals surface area (Å²) < 4.78 is 1.61. The number of thiophene rings is 1. The number of carbonyl (C=O) groups excluding carboxylic acids is 1. The Bertz CT molecular complexity index is 940. The Morgan fingerprint density at radius 1 is 1.28 bits per heavy atom. The van der Waals surface area contributed by atoms with E-state index in [9.17, 15) is 9.59 Å². The van der Waals surface area contributed by atoms with Crippen LogP contribution < -0.4 is 5.56 Å². The number of thiazole rings is 1. The number of amides is 1. The SMILES string of the molecule is CCN(CC)C(=O)c1sc2ncn(CCc3nccs3)c(=O)c2c1C. The summed E-state index contributed by atoms with van der Waals surface area (Å²) in [6, 6.07) is 0. The van der Waals surface area contributed by atoms with Gasteiger partial charge in [0, 0.05) is 37.6 Å². The maximum Gasteiger partial charge on any atom is 0.264 e. The number of fused-ring (bicyclic) bond motifs is 1. The van der Waals surface area contributed by atoms with Gasteiger partial charge in [-0.25, -0.2) is 9.97 Å². The highest BCUT2D eigenvalue weighted by molar-refractivity contribution is 7.20. The molecule has 3 aromatic heterocycles. The molecule has 0 atom stereocenters. The summed E-state index contributed by atoms with van der Waals surface area (Å²) >= 11 is 2.88. The fraction of sp³-hybridized carbons (Fsp3) is 0.412. The van der Waals surface area contributed by atoms with Crippen LogP contribution in [0.2, 0.25) is 0 Å². The smallest absolute Gasteiger partial charge is 0.264 e. The summed E-state index contributed by atoms with van der Waals surface area (Å²) in [5.41, 5.74) is 0.645. The van der Waals surface area contributed by atoms with Gasteiger partial charge in [-0.15, -0.1) is 22.7 Å². The Morgan fingerprint density at radius 3 is 2.68 bits per heavy atom. The van der Waals surface area contributed by atoms with Crippen molar-refractivity contribution in [2.75, 3.05) is 13.1 Å². The van der Waals surface area contributed by atoms with Crippen molar-refractivity contribution in [3.63, 3.8) is 0 Å². The lowest BCUT2D eigenvalue weighted by Gasteiger charge is -2.17. The largest absolute Gasteiger partial charge is 0.338 e. The molecule has 0 aliphatic rings. The summed E-state index contributed by atoms with van der Waals surface area (Å²) in [6.45, 7) is 7.57. The summed E-state index contributed by atoms with van der Waals surface area (Å²) in [6.07, 6.45) is 4.03. The number of carbonyl (C=O) groups is 1. The van der Waals surface area contributed by atoms with Gasteiger partial charge in [0.2, 0.25) is 0 Å². The third-order valence-corrected chi connectivity index (χ3v) is 6.24. The molecule has 0 saturated heterocycles. The van der Waals surface area contributed by atoms with E-state index >= 15 is 0 Å². The monoisotopic (exact) mass is 376 g/mol. The third-order valence-electron chi connectivity index (χ3n) is 4.21. The molecule has 25 heavy (non-hydrogen) atoms. The van der Waals surface area contributed by atoms with Crippen LogP contribution in [0.4, 0.5) is 0 Å². The quantitative estimate of drug-likeness (QED) is 0.663. The highest BCUT2D eigenvalue weighted by atomic mass is 32.1. The molecule has 0 radical (unpaired) electrons. The first kappa shape index (κ1) is 17.8. The van der Waals surface area contributed by atoms with Crippen LogP contribution in [-0.4, -0.2) is 38.4 Å². The van der Waals surface area contributed by atoms with Gasteiger partial charge in [-0.1, -0.05) is 0 Å². The molecule has 0 aliphatic carbocycles. The van der Waals surface area contributed by atoms with E-state index in [1.807, 2.05) is 26.2 Å². The van der Waals surface area contributed by atoms with Crippen LogP contribution in [0.3, 0.4) is 0 Å². The molecule has 6 nitrogen and oxygen atoms in total. The Balaban J connectivity index is 1.97. The maximum absolute atomic E-state index is 12.8. The molecule has 0 N–H and O–H groups in total.